The van der Waals surface area contributed by atoms with Crippen LogP contribution < -0.4 is 0 Å². The molecule has 0 saturated heterocycles. The van der Waals surface area contributed by atoms with Crippen molar-refractivity contribution in [3.05, 3.63) is 141 Å². The third-order valence-corrected chi connectivity index (χ3v) is 9.81. The summed E-state index contributed by atoms with van der Waals surface area (Å²) in [6.07, 6.45) is 10.5. The largest absolute Gasteiger partial charge is 0.737 e. The summed E-state index contributed by atoms with van der Waals surface area (Å²) < 4.78 is 66.4. The molecule has 0 amide bonds. The Labute approximate surface area is 277 Å². The van der Waals surface area contributed by atoms with E-state index in [-0.39, 0.29) is 0 Å². The highest BCUT2D eigenvalue weighted by atomic mass is 19.3. The molecule has 0 spiro atoms. The maximum absolute atomic E-state index is 15.4. The fourth-order valence-electron chi connectivity index (χ4n) is 8.18. The molecule has 0 fully saturated rings. The maximum atomic E-state index is 15.4. The van der Waals surface area contributed by atoms with Gasteiger partial charge in [0.25, 0.3) is 0 Å². The molecule has 4 aromatic heterocycles. The zero-order chi connectivity index (χ0) is 34.4. The van der Waals surface area contributed by atoms with E-state index in [1.54, 1.807) is 52.5 Å². The SMILES string of the molecule is CC1=CC(C)=[N+]2C1=C(c1ccncc1)c1c(C)cc(C)n1[B-]2(F)F.CC1=CC(C)=[N+]2C1=C(c1ccncc1)c1c(C)cc(C)n1[B-]2(F)F. The van der Waals surface area contributed by atoms with Gasteiger partial charge in [-0.15, -0.1) is 0 Å². The lowest BCUT2D eigenvalue weighted by molar-refractivity contribution is -0.364. The van der Waals surface area contributed by atoms with E-state index in [2.05, 4.69) is 9.97 Å². The van der Waals surface area contributed by atoms with Crippen LogP contribution in [0.4, 0.5) is 17.3 Å². The summed E-state index contributed by atoms with van der Waals surface area (Å²) in [6.45, 7) is 6.74. The predicted octanol–water partition coefficient (Wildman–Crippen LogP) is 7.86. The van der Waals surface area contributed by atoms with Crippen molar-refractivity contribution in [3.63, 3.8) is 0 Å². The van der Waals surface area contributed by atoms with E-state index in [0.29, 0.717) is 45.6 Å². The Kier molecular flexibility index (Phi) is 7.09. The number of aromatic nitrogens is 4. The van der Waals surface area contributed by atoms with Crippen LogP contribution in [0, 0.1) is 27.7 Å². The van der Waals surface area contributed by atoms with Crippen molar-refractivity contribution in [2.45, 2.75) is 55.4 Å². The van der Waals surface area contributed by atoms with Crippen molar-refractivity contribution in [1.82, 2.24) is 18.9 Å². The molecule has 0 radical (unpaired) electrons. The molecular weight excluding hydrogens is 614 g/mol. The van der Waals surface area contributed by atoms with Crippen molar-refractivity contribution in [1.29, 1.82) is 0 Å². The van der Waals surface area contributed by atoms with E-state index >= 15 is 17.3 Å². The third kappa shape index (κ3) is 4.34. The molecule has 4 aliphatic rings. The predicted molar refractivity (Wildman–Crippen MR) is 184 cm³/mol. The zero-order valence-electron chi connectivity index (χ0n) is 28.3. The fraction of sp³-hybridized carbons (Fsp3) is 0.222. The Morgan fingerprint density at radius 1 is 0.542 bits per heavy atom. The number of halogens is 4. The molecule has 0 bridgehead atoms. The Bertz CT molecular complexity index is 2090. The lowest BCUT2D eigenvalue weighted by atomic mass is 9.84. The smallest absolute Gasteiger partial charge is 0.393 e. The van der Waals surface area contributed by atoms with E-state index in [4.69, 9.17) is 0 Å². The first-order valence-electron chi connectivity index (χ1n) is 16.0. The van der Waals surface area contributed by atoms with Crippen molar-refractivity contribution in [2.24, 2.45) is 0 Å². The first kappa shape index (κ1) is 31.6. The zero-order valence-corrected chi connectivity index (χ0v) is 28.3. The molecule has 6 nitrogen and oxygen atoms in total. The summed E-state index contributed by atoms with van der Waals surface area (Å²) in [5.41, 5.74) is 11.7. The van der Waals surface area contributed by atoms with Gasteiger partial charge in [0.1, 0.15) is 11.4 Å². The lowest BCUT2D eigenvalue weighted by Gasteiger charge is -2.34. The van der Waals surface area contributed by atoms with Crippen molar-refractivity contribution < 1.29 is 26.2 Å². The van der Waals surface area contributed by atoms with Gasteiger partial charge in [-0.05, 0) is 112 Å². The summed E-state index contributed by atoms with van der Waals surface area (Å²) in [7, 11) is 0. The minimum atomic E-state index is -3.91. The van der Waals surface area contributed by atoms with Crippen LogP contribution in [-0.4, -0.2) is 53.3 Å². The van der Waals surface area contributed by atoms with Crippen molar-refractivity contribution in [2.75, 3.05) is 0 Å². The highest BCUT2D eigenvalue weighted by Crippen LogP contribution is 2.45. The van der Waals surface area contributed by atoms with Gasteiger partial charge in [-0.2, -0.15) is 0 Å². The molecule has 0 saturated carbocycles. The minimum Gasteiger partial charge on any atom is -0.393 e. The van der Waals surface area contributed by atoms with E-state index in [0.717, 1.165) is 44.5 Å². The second-order valence-electron chi connectivity index (χ2n) is 13.1. The van der Waals surface area contributed by atoms with Crippen LogP contribution >= 0.6 is 0 Å². The third-order valence-electron chi connectivity index (χ3n) is 9.81. The molecule has 48 heavy (non-hydrogen) atoms. The van der Waals surface area contributed by atoms with Gasteiger partial charge < -0.3 is 35.2 Å². The van der Waals surface area contributed by atoms with Crippen LogP contribution in [0.1, 0.15) is 72.7 Å². The van der Waals surface area contributed by atoms with Crippen molar-refractivity contribution in [3.8, 4) is 0 Å². The summed E-state index contributed by atoms with van der Waals surface area (Å²) in [6, 6.07) is 11.2. The maximum Gasteiger partial charge on any atom is 0.737 e. The summed E-state index contributed by atoms with van der Waals surface area (Å²) in [4.78, 5) is 8.13. The Hall–Kier alpha value is -4.99. The average Bonchev–Trinajstić information content (AvgIpc) is 3.71. The quantitative estimate of drug-likeness (QED) is 0.164. The summed E-state index contributed by atoms with van der Waals surface area (Å²) >= 11 is 0. The molecule has 244 valence electrons. The van der Waals surface area contributed by atoms with Gasteiger partial charge in [-0.1, -0.05) is 0 Å². The van der Waals surface area contributed by atoms with Gasteiger partial charge in [0.15, 0.2) is 11.4 Å². The van der Waals surface area contributed by atoms with Crippen LogP contribution in [0.3, 0.4) is 0 Å². The van der Waals surface area contributed by atoms with Crippen LogP contribution in [0.15, 0.2) is 95.9 Å². The van der Waals surface area contributed by atoms with Crippen LogP contribution in [0.2, 0.25) is 0 Å². The van der Waals surface area contributed by atoms with Gasteiger partial charge in [-0.3, -0.25) is 9.97 Å². The van der Waals surface area contributed by atoms with Crippen LogP contribution in [0.25, 0.3) is 11.1 Å². The number of fused-ring (bicyclic) bond motifs is 4. The van der Waals surface area contributed by atoms with Gasteiger partial charge >= 0.3 is 13.9 Å². The molecule has 8 rings (SSSR count). The molecule has 4 aromatic rings. The van der Waals surface area contributed by atoms with Gasteiger partial charge in [0.2, 0.25) is 0 Å². The van der Waals surface area contributed by atoms with Crippen LogP contribution in [-0.2, 0) is 0 Å². The first-order chi connectivity index (χ1) is 22.7. The fourth-order valence-corrected chi connectivity index (χ4v) is 8.18. The molecule has 0 atom stereocenters. The lowest BCUT2D eigenvalue weighted by Crippen LogP contribution is -2.51. The molecular formula is C36H36B2F4N6. The van der Waals surface area contributed by atoms with E-state index in [1.165, 1.54) is 17.9 Å². The second kappa shape index (κ2) is 10.8. The van der Waals surface area contributed by atoms with Gasteiger partial charge in [0, 0.05) is 73.3 Å². The topological polar surface area (TPSA) is 41.7 Å². The number of rotatable bonds is 2. The Morgan fingerprint density at radius 2 is 0.875 bits per heavy atom. The molecule has 12 heteroatoms. The van der Waals surface area contributed by atoms with E-state index < -0.39 is 13.9 Å². The Balaban J connectivity index is 0.000000152. The second-order valence-corrected chi connectivity index (χ2v) is 13.1. The van der Waals surface area contributed by atoms with Crippen molar-refractivity contribution >= 4 is 36.5 Å². The van der Waals surface area contributed by atoms with E-state index in [9.17, 15) is 0 Å². The van der Waals surface area contributed by atoms with Gasteiger partial charge in [0.05, 0.1) is 11.1 Å². The molecule has 0 aliphatic carbocycles. The number of pyridine rings is 2. The van der Waals surface area contributed by atoms with Crippen LogP contribution in [0.5, 0.6) is 0 Å². The summed E-state index contributed by atoms with van der Waals surface area (Å²) in [5, 5.41) is 0. The number of hydrogen-bond donors (Lipinski definition) is 0. The highest BCUT2D eigenvalue weighted by Gasteiger charge is 2.56. The monoisotopic (exact) mass is 650 g/mol. The molecule has 4 aliphatic heterocycles. The highest BCUT2D eigenvalue weighted by molar-refractivity contribution is 6.59. The number of nitrogens with zero attached hydrogens (tertiary/aromatic N) is 6. The average molecular weight is 650 g/mol. The number of allylic oxidation sites excluding steroid dienone is 4. The molecule has 8 heterocycles. The Morgan fingerprint density at radius 3 is 1.21 bits per heavy atom. The molecule has 0 unspecified atom stereocenters. The van der Waals surface area contributed by atoms with E-state index in [1.807, 2.05) is 76.2 Å². The standard InChI is InChI=1S/2C18H18BF2N3/c2*1-11-9-13(3)23-17(11)16(15-5-7-22-8-6-15)18-12(2)10-14(4)24(18)19(23,20)21/h2*5-10H,1-4H3. The first-order valence-corrected chi connectivity index (χ1v) is 16.0. The number of hydrogen-bond acceptors (Lipinski definition) is 2. The normalized spacial score (nSPS) is 18.7. The molecule has 0 aromatic carbocycles. The minimum absolute atomic E-state index is 0.579. The molecule has 0 N–H and O–H groups in total. The number of aryl methyl sites for hydroxylation is 4. The summed E-state index contributed by atoms with van der Waals surface area (Å²) in [5.74, 6) is 0. The van der Waals surface area contributed by atoms with Gasteiger partial charge in [-0.25, -0.2) is 0 Å².